The van der Waals surface area contributed by atoms with Crippen molar-refractivity contribution in [2.45, 2.75) is 60.0 Å². The average Bonchev–Trinajstić information content (AvgIpc) is 2.81. The Morgan fingerprint density at radius 3 is 2.40 bits per heavy atom. The standard InChI is InChI=1S/C17H32N2S/c1-6-16(7-2)19(13-14(3)4)11-10-18-12-17-9-8-15(5)20-17/h8-9,14,16,18H,6-7,10-13H2,1-5H3. The quantitative estimate of drug-likeness (QED) is 0.648. The second kappa shape index (κ2) is 9.54. The lowest BCUT2D eigenvalue weighted by Gasteiger charge is -2.32. The van der Waals surface area contributed by atoms with Gasteiger partial charge in [0, 0.05) is 42.0 Å². The molecule has 0 radical (unpaired) electrons. The molecule has 0 atom stereocenters. The van der Waals surface area contributed by atoms with Gasteiger partial charge in [-0.15, -0.1) is 11.3 Å². The van der Waals surface area contributed by atoms with Gasteiger partial charge in [0.2, 0.25) is 0 Å². The third-order valence-corrected chi connectivity index (χ3v) is 4.73. The Labute approximate surface area is 129 Å². The molecule has 116 valence electrons. The molecule has 1 aromatic heterocycles. The molecule has 0 aliphatic heterocycles. The van der Waals surface area contributed by atoms with E-state index >= 15 is 0 Å². The van der Waals surface area contributed by atoms with Gasteiger partial charge in [-0.1, -0.05) is 27.7 Å². The highest BCUT2D eigenvalue weighted by atomic mass is 32.1. The zero-order valence-electron chi connectivity index (χ0n) is 13.9. The smallest absolute Gasteiger partial charge is 0.0300 e. The van der Waals surface area contributed by atoms with Crippen LogP contribution in [0.4, 0.5) is 0 Å². The molecule has 0 saturated heterocycles. The predicted molar refractivity (Wildman–Crippen MR) is 91.5 cm³/mol. The maximum Gasteiger partial charge on any atom is 0.0300 e. The fraction of sp³-hybridized carbons (Fsp3) is 0.765. The summed E-state index contributed by atoms with van der Waals surface area (Å²) in [5.41, 5.74) is 0. The largest absolute Gasteiger partial charge is 0.311 e. The molecule has 0 saturated carbocycles. The first-order valence-electron chi connectivity index (χ1n) is 8.06. The number of aryl methyl sites for hydroxylation is 1. The maximum absolute atomic E-state index is 3.59. The highest BCUT2D eigenvalue weighted by Crippen LogP contribution is 2.14. The van der Waals surface area contributed by atoms with Crippen molar-refractivity contribution in [3.05, 3.63) is 21.9 Å². The van der Waals surface area contributed by atoms with Crippen molar-refractivity contribution in [3.8, 4) is 0 Å². The van der Waals surface area contributed by atoms with Crippen molar-refractivity contribution in [1.82, 2.24) is 10.2 Å². The molecule has 0 spiro atoms. The summed E-state index contributed by atoms with van der Waals surface area (Å²) in [6, 6.07) is 5.18. The molecule has 1 rings (SSSR count). The lowest BCUT2D eigenvalue weighted by atomic mass is 10.1. The number of nitrogens with one attached hydrogen (secondary N) is 1. The summed E-state index contributed by atoms with van der Waals surface area (Å²) in [4.78, 5) is 5.51. The monoisotopic (exact) mass is 296 g/mol. The third-order valence-electron chi connectivity index (χ3n) is 3.73. The molecule has 3 heteroatoms. The van der Waals surface area contributed by atoms with E-state index in [9.17, 15) is 0 Å². The zero-order chi connectivity index (χ0) is 15.0. The third kappa shape index (κ3) is 6.38. The molecule has 0 aliphatic rings. The van der Waals surface area contributed by atoms with Gasteiger partial charge in [-0.25, -0.2) is 0 Å². The van der Waals surface area contributed by atoms with Gasteiger partial charge >= 0.3 is 0 Å². The number of thiophene rings is 1. The van der Waals surface area contributed by atoms with Crippen LogP contribution in [0.2, 0.25) is 0 Å². The Kier molecular flexibility index (Phi) is 8.43. The van der Waals surface area contributed by atoms with Crippen LogP contribution >= 0.6 is 11.3 Å². The van der Waals surface area contributed by atoms with Crippen molar-refractivity contribution < 1.29 is 0 Å². The molecule has 0 unspecified atom stereocenters. The van der Waals surface area contributed by atoms with Crippen LogP contribution in [0.1, 0.15) is 50.3 Å². The van der Waals surface area contributed by atoms with Crippen LogP contribution in [0.25, 0.3) is 0 Å². The molecule has 0 amide bonds. The van der Waals surface area contributed by atoms with Crippen LogP contribution in [0.5, 0.6) is 0 Å². The van der Waals surface area contributed by atoms with E-state index in [-0.39, 0.29) is 0 Å². The van der Waals surface area contributed by atoms with E-state index in [1.807, 2.05) is 11.3 Å². The molecular weight excluding hydrogens is 264 g/mol. The van der Waals surface area contributed by atoms with E-state index < -0.39 is 0 Å². The molecular formula is C17H32N2S. The average molecular weight is 297 g/mol. The summed E-state index contributed by atoms with van der Waals surface area (Å²) in [5.74, 6) is 0.746. The summed E-state index contributed by atoms with van der Waals surface area (Å²) < 4.78 is 0. The summed E-state index contributed by atoms with van der Waals surface area (Å²) >= 11 is 1.90. The number of hydrogen-bond donors (Lipinski definition) is 1. The molecule has 1 N–H and O–H groups in total. The minimum Gasteiger partial charge on any atom is -0.311 e. The molecule has 0 bridgehead atoms. The van der Waals surface area contributed by atoms with Crippen molar-refractivity contribution >= 4 is 11.3 Å². The lowest BCUT2D eigenvalue weighted by molar-refractivity contribution is 0.166. The predicted octanol–water partition coefficient (Wildman–Crippen LogP) is 4.29. The molecule has 1 aromatic rings. The summed E-state index contributed by atoms with van der Waals surface area (Å²) in [5, 5.41) is 3.59. The molecule has 1 heterocycles. The highest BCUT2D eigenvalue weighted by molar-refractivity contribution is 7.11. The summed E-state index contributed by atoms with van der Waals surface area (Å²) in [6.07, 6.45) is 2.51. The van der Waals surface area contributed by atoms with Crippen LogP contribution < -0.4 is 5.32 Å². The van der Waals surface area contributed by atoms with Crippen molar-refractivity contribution in [1.29, 1.82) is 0 Å². The van der Waals surface area contributed by atoms with Crippen molar-refractivity contribution in [3.63, 3.8) is 0 Å². The molecule has 2 nitrogen and oxygen atoms in total. The lowest BCUT2D eigenvalue weighted by Crippen LogP contribution is -2.41. The Bertz CT molecular complexity index is 356. The number of rotatable bonds is 10. The Balaban J connectivity index is 2.33. The van der Waals surface area contributed by atoms with Crippen LogP contribution in [-0.2, 0) is 6.54 Å². The van der Waals surface area contributed by atoms with Crippen LogP contribution in [0, 0.1) is 12.8 Å². The van der Waals surface area contributed by atoms with Crippen LogP contribution in [0.15, 0.2) is 12.1 Å². The number of hydrogen-bond acceptors (Lipinski definition) is 3. The van der Waals surface area contributed by atoms with Crippen LogP contribution in [0.3, 0.4) is 0 Å². The highest BCUT2D eigenvalue weighted by Gasteiger charge is 2.15. The summed E-state index contributed by atoms with van der Waals surface area (Å²) in [6.45, 7) is 15.9. The first-order chi connectivity index (χ1) is 9.56. The van der Waals surface area contributed by atoms with E-state index in [4.69, 9.17) is 0 Å². The van der Waals surface area contributed by atoms with Gasteiger partial charge in [0.15, 0.2) is 0 Å². The maximum atomic E-state index is 3.59. The van der Waals surface area contributed by atoms with Crippen molar-refractivity contribution in [2.75, 3.05) is 19.6 Å². The topological polar surface area (TPSA) is 15.3 Å². The molecule has 0 aliphatic carbocycles. The second-order valence-corrected chi connectivity index (χ2v) is 7.42. The molecule has 0 fully saturated rings. The van der Waals surface area contributed by atoms with Gasteiger partial charge in [0.25, 0.3) is 0 Å². The SMILES string of the molecule is CCC(CC)N(CCNCc1ccc(C)s1)CC(C)C. The van der Waals surface area contributed by atoms with E-state index in [0.29, 0.717) is 0 Å². The van der Waals surface area contributed by atoms with Gasteiger partial charge in [0.05, 0.1) is 0 Å². The van der Waals surface area contributed by atoms with Crippen molar-refractivity contribution in [2.24, 2.45) is 5.92 Å². The van der Waals surface area contributed by atoms with Gasteiger partial charge in [0.1, 0.15) is 0 Å². The fourth-order valence-corrected chi connectivity index (χ4v) is 3.57. The minimum absolute atomic E-state index is 0.739. The number of nitrogens with zero attached hydrogens (tertiary/aromatic N) is 1. The van der Waals surface area contributed by atoms with Crippen LogP contribution in [-0.4, -0.2) is 30.6 Å². The minimum atomic E-state index is 0.739. The second-order valence-electron chi connectivity index (χ2n) is 6.05. The van der Waals surface area contributed by atoms with Gasteiger partial charge in [-0.2, -0.15) is 0 Å². The first-order valence-corrected chi connectivity index (χ1v) is 8.88. The Morgan fingerprint density at radius 1 is 1.20 bits per heavy atom. The zero-order valence-corrected chi connectivity index (χ0v) is 14.7. The normalized spacial score (nSPS) is 12.0. The van der Waals surface area contributed by atoms with Gasteiger partial charge in [-0.3, -0.25) is 4.90 Å². The summed E-state index contributed by atoms with van der Waals surface area (Å²) in [7, 11) is 0. The van der Waals surface area contributed by atoms with E-state index in [1.54, 1.807) is 0 Å². The Morgan fingerprint density at radius 2 is 1.90 bits per heavy atom. The van der Waals surface area contributed by atoms with E-state index in [1.165, 1.54) is 29.1 Å². The fourth-order valence-electron chi connectivity index (χ4n) is 2.71. The van der Waals surface area contributed by atoms with Gasteiger partial charge in [-0.05, 0) is 37.8 Å². The van der Waals surface area contributed by atoms with E-state index in [2.05, 4.69) is 57.0 Å². The van der Waals surface area contributed by atoms with Gasteiger partial charge < -0.3 is 5.32 Å². The Hall–Kier alpha value is -0.380. The van der Waals surface area contributed by atoms with E-state index in [0.717, 1.165) is 31.6 Å². The first kappa shape index (κ1) is 17.7. The molecule has 0 aromatic carbocycles. The molecule has 20 heavy (non-hydrogen) atoms.